The Balaban J connectivity index is 1.72. The number of benzene rings is 2. The molecule has 128 valence electrons. The topological polar surface area (TPSA) is 55.8 Å². The summed E-state index contributed by atoms with van der Waals surface area (Å²) >= 11 is 3.46. The minimum Gasteiger partial charge on any atom is -0.494 e. The molecule has 1 heterocycles. The van der Waals surface area contributed by atoms with Gasteiger partial charge >= 0.3 is 19.1 Å². The zero-order chi connectivity index (χ0) is 17.6. The van der Waals surface area contributed by atoms with Gasteiger partial charge in [0, 0.05) is 17.3 Å². The van der Waals surface area contributed by atoms with Crippen LogP contribution in [0.1, 0.15) is 11.1 Å². The number of alkyl halides is 1. The summed E-state index contributed by atoms with van der Waals surface area (Å²) in [7, 11) is -0.988. The third-order valence-electron chi connectivity index (χ3n) is 3.91. The Labute approximate surface area is 155 Å². The number of hydrogen-bond donors (Lipinski definition) is 0. The fraction of sp³-hybridized carbons (Fsp3) is 0.222. The quantitative estimate of drug-likeness (QED) is 0.578. The van der Waals surface area contributed by atoms with E-state index in [0.717, 1.165) is 11.1 Å². The van der Waals surface area contributed by atoms with Crippen LogP contribution < -0.4 is 5.46 Å². The van der Waals surface area contributed by atoms with E-state index < -0.39 is 19.1 Å². The van der Waals surface area contributed by atoms with Crippen molar-refractivity contribution in [2.75, 3.05) is 13.1 Å². The number of nitrogens with zero attached hydrogens (tertiary/aromatic N) is 1. The highest BCUT2D eigenvalue weighted by Crippen LogP contribution is 2.15. The monoisotopic (exact) mass is 401 g/mol. The molecule has 0 bridgehead atoms. The predicted octanol–water partition coefficient (Wildman–Crippen LogP) is 1.88. The van der Waals surface area contributed by atoms with Crippen LogP contribution in [-0.4, -0.2) is 37.0 Å². The maximum absolute atomic E-state index is 12.2. The van der Waals surface area contributed by atoms with Crippen molar-refractivity contribution in [3.63, 3.8) is 0 Å². The van der Waals surface area contributed by atoms with Gasteiger partial charge in [0.15, 0.2) is 0 Å². The molecule has 2 aromatic rings. The first kappa shape index (κ1) is 17.7. The largest absolute Gasteiger partial charge is 0.636 e. The van der Waals surface area contributed by atoms with Crippen molar-refractivity contribution in [3.8, 4) is 0 Å². The van der Waals surface area contributed by atoms with Gasteiger partial charge in [-0.1, -0.05) is 70.5 Å². The first-order chi connectivity index (χ1) is 12.2. The summed E-state index contributed by atoms with van der Waals surface area (Å²) in [6.07, 6.45) is 0. The molecule has 0 unspecified atom stereocenters. The van der Waals surface area contributed by atoms with E-state index in [2.05, 4.69) is 15.9 Å². The van der Waals surface area contributed by atoms with Gasteiger partial charge in [-0.05, 0) is 11.1 Å². The molecule has 25 heavy (non-hydrogen) atoms. The lowest BCUT2D eigenvalue weighted by atomic mass is 9.78. The highest BCUT2D eigenvalue weighted by atomic mass is 79.9. The number of carbonyl (C=O) groups is 2. The van der Waals surface area contributed by atoms with E-state index in [-0.39, 0.29) is 13.1 Å². The van der Waals surface area contributed by atoms with E-state index >= 15 is 0 Å². The van der Waals surface area contributed by atoms with Crippen LogP contribution in [0.25, 0.3) is 0 Å². The molecule has 0 spiro atoms. The molecular formula is C18H17BBrNO4. The first-order valence-corrected chi connectivity index (χ1v) is 9.07. The average molecular weight is 402 g/mol. The Bertz CT molecular complexity index is 736. The number of carbonyl (C=O) groups excluding carboxylic acids is 2. The summed E-state index contributed by atoms with van der Waals surface area (Å²) in [6, 6.07) is 16.9. The fourth-order valence-electron chi connectivity index (χ4n) is 2.70. The summed E-state index contributed by atoms with van der Waals surface area (Å²) in [5.41, 5.74) is 2.82. The van der Waals surface area contributed by atoms with Crippen LogP contribution in [-0.2, 0) is 30.8 Å². The fourth-order valence-corrected chi connectivity index (χ4v) is 3.25. The third-order valence-corrected chi connectivity index (χ3v) is 4.51. The second-order valence-corrected chi connectivity index (χ2v) is 6.33. The molecule has 0 atom stereocenters. The average Bonchev–Trinajstić information content (AvgIpc) is 2.61. The van der Waals surface area contributed by atoms with Crippen molar-refractivity contribution in [2.45, 2.75) is 11.9 Å². The molecule has 1 fully saturated rings. The molecule has 1 aliphatic rings. The van der Waals surface area contributed by atoms with Crippen LogP contribution in [0, 0.1) is 0 Å². The molecule has 1 saturated heterocycles. The summed E-state index contributed by atoms with van der Waals surface area (Å²) in [4.78, 5) is 26.2. The first-order valence-electron chi connectivity index (χ1n) is 7.94. The van der Waals surface area contributed by atoms with Gasteiger partial charge in [0.1, 0.15) is 0 Å². The van der Waals surface area contributed by atoms with Gasteiger partial charge < -0.3 is 9.31 Å². The molecule has 0 aromatic heterocycles. The molecule has 2 aromatic carbocycles. The molecule has 0 radical (unpaired) electrons. The lowest BCUT2D eigenvalue weighted by molar-refractivity contribution is -0.146. The maximum atomic E-state index is 12.2. The normalized spacial score (nSPS) is 16.0. The third kappa shape index (κ3) is 4.71. The molecular weight excluding hydrogens is 385 g/mol. The van der Waals surface area contributed by atoms with Gasteiger partial charge in [-0.2, -0.15) is 0 Å². The van der Waals surface area contributed by atoms with Gasteiger partial charge in [0.25, 0.3) is 0 Å². The summed E-state index contributed by atoms with van der Waals surface area (Å²) < 4.78 is 10.7. The SMILES string of the molecule is O=C1CN(Cc2ccccc2CBr)CC(=O)OB(c2ccccc2)O1. The minimum atomic E-state index is -0.988. The van der Waals surface area contributed by atoms with Crippen LogP contribution in [0.3, 0.4) is 0 Å². The molecule has 0 saturated carbocycles. The Kier molecular flexibility index (Phi) is 5.89. The van der Waals surface area contributed by atoms with Gasteiger partial charge in [-0.3, -0.25) is 14.5 Å². The Morgan fingerprint density at radius 2 is 1.44 bits per heavy atom. The summed E-state index contributed by atoms with van der Waals surface area (Å²) in [5, 5.41) is 0.710. The van der Waals surface area contributed by atoms with Crippen molar-refractivity contribution in [2.24, 2.45) is 0 Å². The van der Waals surface area contributed by atoms with E-state index in [1.54, 1.807) is 29.2 Å². The minimum absolute atomic E-state index is 0.0368. The molecule has 3 rings (SSSR count). The molecule has 0 aliphatic carbocycles. The summed E-state index contributed by atoms with van der Waals surface area (Å²) in [6.45, 7) is 0.548. The Morgan fingerprint density at radius 3 is 2.04 bits per heavy atom. The van der Waals surface area contributed by atoms with Crippen LogP contribution in [0.2, 0.25) is 0 Å². The molecule has 0 amide bonds. The van der Waals surface area contributed by atoms with Crippen LogP contribution in [0.4, 0.5) is 0 Å². The molecule has 0 N–H and O–H groups in total. The molecule has 5 nitrogen and oxygen atoms in total. The Hall–Kier alpha value is -2.12. The Morgan fingerprint density at radius 1 is 0.880 bits per heavy atom. The van der Waals surface area contributed by atoms with Crippen molar-refractivity contribution in [1.82, 2.24) is 4.90 Å². The zero-order valence-corrected chi connectivity index (χ0v) is 15.1. The maximum Gasteiger partial charge on any atom is 0.636 e. The van der Waals surface area contributed by atoms with E-state index in [0.29, 0.717) is 17.3 Å². The highest BCUT2D eigenvalue weighted by molar-refractivity contribution is 9.08. The smallest absolute Gasteiger partial charge is 0.494 e. The van der Waals surface area contributed by atoms with E-state index in [4.69, 9.17) is 9.31 Å². The molecule has 7 heteroatoms. The van der Waals surface area contributed by atoms with Crippen molar-refractivity contribution in [1.29, 1.82) is 0 Å². The zero-order valence-electron chi connectivity index (χ0n) is 13.6. The van der Waals surface area contributed by atoms with Crippen molar-refractivity contribution >= 4 is 40.4 Å². The highest BCUT2D eigenvalue weighted by Gasteiger charge is 2.34. The lowest BCUT2D eigenvalue weighted by Gasteiger charge is -2.26. The van der Waals surface area contributed by atoms with Crippen LogP contribution >= 0.6 is 15.9 Å². The van der Waals surface area contributed by atoms with E-state index in [1.807, 2.05) is 30.3 Å². The van der Waals surface area contributed by atoms with Crippen LogP contribution in [0.15, 0.2) is 54.6 Å². The van der Waals surface area contributed by atoms with Crippen LogP contribution in [0.5, 0.6) is 0 Å². The number of halogens is 1. The van der Waals surface area contributed by atoms with Gasteiger partial charge in [0.05, 0.1) is 13.1 Å². The van der Waals surface area contributed by atoms with Gasteiger partial charge in [-0.25, -0.2) is 0 Å². The second kappa shape index (κ2) is 8.31. The van der Waals surface area contributed by atoms with E-state index in [9.17, 15) is 9.59 Å². The predicted molar refractivity (Wildman–Crippen MR) is 98.4 cm³/mol. The summed E-state index contributed by atoms with van der Waals surface area (Å²) in [5.74, 6) is -0.838. The standard InChI is InChI=1S/C18H17BBrNO4/c20-10-14-6-4-5-7-15(14)11-21-12-17(22)24-19(25-18(23)13-21)16-8-2-1-3-9-16/h1-9H,10-13H2. The van der Waals surface area contributed by atoms with Gasteiger partial charge in [0.2, 0.25) is 0 Å². The number of hydrogen-bond acceptors (Lipinski definition) is 5. The van der Waals surface area contributed by atoms with Crippen molar-refractivity contribution < 1.29 is 18.9 Å². The van der Waals surface area contributed by atoms with Gasteiger partial charge in [-0.15, -0.1) is 0 Å². The van der Waals surface area contributed by atoms with Crippen molar-refractivity contribution in [3.05, 3.63) is 65.7 Å². The second-order valence-electron chi connectivity index (χ2n) is 5.77. The van der Waals surface area contributed by atoms with E-state index in [1.165, 1.54) is 0 Å². The number of rotatable bonds is 4. The molecule has 1 aliphatic heterocycles. The lowest BCUT2D eigenvalue weighted by Crippen LogP contribution is -2.48.